The molecule has 3 N–H and O–H groups in total. The molecule has 1 heterocycles. The van der Waals surface area contributed by atoms with Gasteiger partial charge < -0.3 is 25.2 Å². The van der Waals surface area contributed by atoms with E-state index in [-0.39, 0.29) is 18.1 Å². The number of ketones is 1. The summed E-state index contributed by atoms with van der Waals surface area (Å²) in [5, 5.41) is 28.3. The monoisotopic (exact) mass is 487 g/mol. The molecule has 0 bridgehead atoms. The Bertz CT molecular complexity index is 1400. The second-order valence-corrected chi connectivity index (χ2v) is 8.79. The molecule has 184 valence electrons. The maximum atomic E-state index is 13.7. The lowest BCUT2D eigenvalue weighted by molar-refractivity contribution is -0.385. The SMILES string of the molecule is COc1ccc([C@H]2CC(=O)C3=C(C2)Nc2ccccc2N[C@H]3c2ccc(O)c([N+](=O)[O-])c2)cc1OC. The Hall–Kier alpha value is -4.53. The third kappa shape index (κ3) is 4.08. The van der Waals surface area contributed by atoms with Crippen LogP contribution in [0.3, 0.4) is 0 Å². The number of nitrogens with zero attached hydrogens (tertiary/aromatic N) is 1. The number of ether oxygens (including phenoxy) is 2. The summed E-state index contributed by atoms with van der Waals surface area (Å²) in [7, 11) is 3.15. The van der Waals surface area contributed by atoms with E-state index >= 15 is 0 Å². The van der Waals surface area contributed by atoms with Crippen molar-refractivity contribution < 1.29 is 24.3 Å². The van der Waals surface area contributed by atoms with Gasteiger partial charge >= 0.3 is 5.69 Å². The number of benzene rings is 3. The summed E-state index contributed by atoms with van der Waals surface area (Å²) in [6.07, 6.45) is 0.827. The van der Waals surface area contributed by atoms with Crippen LogP contribution >= 0.6 is 0 Å². The van der Waals surface area contributed by atoms with Gasteiger partial charge in [-0.05, 0) is 53.8 Å². The van der Waals surface area contributed by atoms with Gasteiger partial charge in [-0.15, -0.1) is 0 Å². The van der Waals surface area contributed by atoms with E-state index in [1.54, 1.807) is 20.3 Å². The van der Waals surface area contributed by atoms with Crippen molar-refractivity contribution in [2.45, 2.75) is 24.8 Å². The normalized spacial score (nSPS) is 18.8. The van der Waals surface area contributed by atoms with Crippen LogP contribution in [-0.4, -0.2) is 30.0 Å². The molecule has 0 saturated heterocycles. The lowest BCUT2D eigenvalue weighted by atomic mass is 9.78. The molecule has 0 aromatic heterocycles. The van der Waals surface area contributed by atoms with Crippen molar-refractivity contribution in [1.29, 1.82) is 0 Å². The van der Waals surface area contributed by atoms with Gasteiger partial charge in [-0.2, -0.15) is 0 Å². The van der Waals surface area contributed by atoms with Gasteiger partial charge in [-0.1, -0.05) is 24.3 Å². The number of hydrogen-bond donors (Lipinski definition) is 3. The second-order valence-electron chi connectivity index (χ2n) is 8.79. The maximum Gasteiger partial charge on any atom is 0.311 e. The predicted molar refractivity (Wildman–Crippen MR) is 135 cm³/mol. The van der Waals surface area contributed by atoms with Crippen molar-refractivity contribution in [2.24, 2.45) is 0 Å². The molecule has 3 aromatic rings. The number of Topliss-reactive ketones (excluding diaryl/α,β-unsaturated/α-hetero) is 1. The number of fused-ring (bicyclic) bond motifs is 1. The summed E-state index contributed by atoms with van der Waals surface area (Å²) in [5.74, 6) is 0.627. The number of hydrogen-bond acceptors (Lipinski definition) is 8. The van der Waals surface area contributed by atoms with Gasteiger partial charge in [0.2, 0.25) is 0 Å². The first-order valence-electron chi connectivity index (χ1n) is 11.5. The van der Waals surface area contributed by atoms with Crippen molar-refractivity contribution in [3.05, 3.63) is 93.2 Å². The van der Waals surface area contributed by atoms with Crippen LogP contribution in [0.1, 0.15) is 35.9 Å². The number of carbonyl (C=O) groups excluding carboxylic acids is 1. The summed E-state index contributed by atoms with van der Waals surface area (Å²) < 4.78 is 10.8. The second kappa shape index (κ2) is 9.26. The molecule has 0 spiro atoms. The molecule has 1 aliphatic carbocycles. The standard InChI is InChI=1S/C27H25N3O6/c1-35-24-10-8-15(14-25(24)36-2)17-11-20-26(23(32)13-17)27(29-19-6-4-3-5-18(19)28-20)16-7-9-22(31)21(12-16)30(33)34/h3-10,12,14,17,27-29,31H,11,13H2,1-2H3/t17-,27+/m1/s1. The van der Waals surface area contributed by atoms with E-state index in [9.17, 15) is 20.0 Å². The zero-order valence-electron chi connectivity index (χ0n) is 19.8. The van der Waals surface area contributed by atoms with E-state index in [2.05, 4.69) is 10.6 Å². The van der Waals surface area contributed by atoms with Gasteiger partial charge in [0.05, 0.1) is 36.6 Å². The number of nitrogens with one attached hydrogen (secondary N) is 2. The predicted octanol–water partition coefficient (Wildman–Crippen LogP) is 5.30. The Morgan fingerprint density at radius 3 is 2.39 bits per heavy atom. The summed E-state index contributed by atoms with van der Waals surface area (Å²) in [4.78, 5) is 24.5. The number of para-hydroxylation sites is 2. The Morgan fingerprint density at radius 2 is 1.67 bits per heavy atom. The average molecular weight is 488 g/mol. The van der Waals surface area contributed by atoms with E-state index in [1.165, 1.54) is 12.1 Å². The Labute approximate surface area is 207 Å². The number of allylic oxidation sites excluding steroid dienone is 1. The number of nitro groups is 1. The van der Waals surface area contributed by atoms with Crippen LogP contribution in [0.15, 0.2) is 71.9 Å². The molecule has 0 unspecified atom stereocenters. The number of aromatic hydroxyl groups is 1. The highest BCUT2D eigenvalue weighted by Crippen LogP contribution is 2.46. The molecular formula is C27H25N3O6. The molecule has 0 fully saturated rings. The van der Waals surface area contributed by atoms with Crippen LogP contribution in [0, 0.1) is 10.1 Å². The van der Waals surface area contributed by atoms with Gasteiger partial charge in [-0.25, -0.2) is 0 Å². The third-order valence-corrected chi connectivity index (χ3v) is 6.72. The van der Waals surface area contributed by atoms with Gasteiger partial charge in [0.15, 0.2) is 23.0 Å². The van der Waals surface area contributed by atoms with Gasteiger partial charge in [-0.3, -0.25) is 14.9 Å². The largest absolute Gasteiger partial charge is 0.502 e. The topological polar surface area (TPSA) is 123 Å². The quantitative estimate of drug-likeness (QED) is 0.327. The molecule has 1 aliphatic heterocycles. The van der Waals surface area contributed by atoms with E-state index < -0.39 is 22.4 Å². The van der Waals surface area contributed by atoms with Crippen LogP contribution in [0.4, 0.5) is 17.1 Å². The minimum absolute atomic E-state index is 0.0652. The Morgan fingerprint density at radius 1 is 0.944 bits per heavy atom. The lowest BCUT2D eigenvalue weighted by Gasteiger charge is -2.30. The highest BCUT2D eigenvalue weighted by Gasteiger charge is 2.37. The van der Waals surface area contributed by atoms with Crippen LogP contribution in [0.25, 0.3) is 0 Å². The number of phenols is 1. The number of rotatable bonds is 5. The Balaban J connectivity index is 1.60. The van der Waals surface area contributed by atoms with E-state index in [0.717, 1.165) is 22.6 Å². The van der Waals surface area contributed by atoms with Crippen LogP contribution in [0.5, 0.6) is 17.2 Å². The van der Waals surface area contributed by atoms with Crippen molar-refractivity contribution >= 4 is 22.8 Å². The van der Waals surface area contributed by atoms with Gasteiger partial charge in [0.1, 0.15) is 0 Å². The summed E-state index contributed by atoms with van der Waals surface area (Å²) >= 11 is 0. The number of anilines is 2. The first-order valence-corrected chi connectivity index (χ1v) is 11.5. The minimum atomic E-state index is -0.632. The smallest absolute Gasteiger partial charge is 0.311 e. The highest BCUT2D eigenvalue weighted by atomic mass is 16.6. The Kier molecular flexibility index (Phi) is 5.97. The molecule has 36 heavy (non-hydrogen) atoms. The zero-order valence-corrected chi connectivity index (χ0v) is 19.8. The van der Waals surface area contributed by atoms with Crippen molar-refractivity contribution in [3.8, 4) is 17.2 Å². The van der Waals surface area contributed by atoms with Crippen molar-refractivity contribution in [1.82, 2.24) is 0 Å². The summed E-state index contributed by atoms with van der Waals surface area (Å²) in [5.41, 5.74) is 3.92. The van der Waals surface area contributed by atoms with Crippen molar-refractivity contribution in [3.63, 3.8) is 0 Å². The third-order valence-electron chi connectivity index (χ3n) is 6.72. The molecule has 0 saturated carbocycles. The number of carbonyl (C=O) groups is 1. The fourth-order valence-electron chi connectivity index (χ4n) is 4.95. The first-order chi connectivity index (χ1) is 17.4. The zero-order chi connectivity index (χ0) is 25.4. The van der Waals surface area contributed by atoms with Crippen LogP contribution < -0.4 is 20.1 Å². The number of methoxy groups -OCH3 is 2. The summed E-state index contributed by atoms with van der Waals surface area (Å²) in [6.45, 7) is 0. The molecule has 5 rings (SSSR count). The molecule has 3 aromatic carbocycles. The maximum absolute atomic E-state index is 13.7. The van der Waals surface area contributed by atoms with Gasteiger partial charge in [0, 0.05) is 23.8 Å². The molecule has 9 heteroatoms. The average Bonchev–Trinajstić information content (AvgIpc) is 3.05. The molecule has 9 nitrogen and oxygen atoms in total. The lowest BCUT2D eigenvalue weighted by Crippen LogP contribution is -2.27. The van der Waals surface area contributed by atoms with E-state index in [1.807, 2.05) is 42.5 Å². The molecular weight excluding hydrogens is 462 g/mol. The molecule has 2 aliphatic rings. The fourth-order valence-corrected chi connectivity index (χ4v) is 4.95. The fraction of sp³-hybridized carbons (Fsp3) is 0.222. The van der Waals surface area contributed by atoms with E-state index in [4.69, 9.17) is 9.47 Å². The highest BCUT2D eigenvalue weighted by molar-refractivity contribution is 6.01. The molecule has 2 atom stereocenters. The van der Waals surface area contributed by atoms with Crippen LogP contribution in [0.2, 0.25) is 0 Å². The first kappa shape index (κ1) is 23.2. The van der Waals surface area contributed by atoms with Crippen molar-refractivity contribution in [2.75, 3.05) is 24.9 Å². The van der Waals surface area contributed by atoms with E-state index in [0.29, 0.717) is 29.1 Å². The number of nitro benzene ring substituents is 1. The summed E-state index contributed by atoms with van der Waals surface area (Å²) in [6, 6.07) is 16.8. The molecule has 0 amide bonds. The minimum Gasteiger partial charge on any atom is -0.502 e. The van der Waals surface area contributed by atoms with Gasteiger partial charge in [0.25, 0.3) is 0 Å². The number of phenolic OH excluding ortho intramolecular Hbond substituents is 1. The molecule has 0 radical (unpaired) electrons. The van der Waals surface area contributed by atoms with Crippen LogP contribution in [-0.2, 0) is 4.79 Å².